The van der Waals surface area contributed by atoms with E-state index in [-0.39, 0.29) is 6.10 Å². The summed E-state index contributed by atoms with van der Waals surface area (Å²) in [6.45, 7) is 6.89. The van der Waals surface area contributed by atoms with Gasteiger partial charge in [0, 0.05) is 19.7 Å². The zero-order valence-electron chi connectivity index (χ0n) is 14.8. The topological polar surface area (TPSA) is 41.9 Å². The average Bonchev–Trinajstić information content (AvgIpc) is 3.05. The van der Waals surface area contributed by atoms with Gasteiger partial charge in [-0.1, -0.05) is 24.3 Å². The Balaban J connectivity index is 1.41. The van der Waals surface area contributed by atoms with Crippen molar-refractivity contribution in [3.05, 3.63) is 35.4 Å². The van der Waals surface area contributed by atoms with Crippen LogP contribution in [0, 0.1) is 5.92 Å². The van der Waals surface area contributed by atoms with Crippen molar-refractivity contribution in [3.63, 3.8) is 0 Å². The molecule has 1 aliphatic heterocycles. The fraction of sp³-hybridized carbons (Fsp3) is 0.700. The van der Waals surface area contributed by atoms with Crippen molar-refractivity contribution in [2.24, 2.45) is 5.92 Å². The van der Waals surface area contributed by atoms with Crippen LogP contribution in [0.1, 0.15) is 43.4 Å². The Morgan fingerprint density at radius 2 is 2.17 bits per heavy atom. The Hall–Kier alpha value is -0.940. The van der Waals surface area contributed by atoms with Gasteiger partial charge in [-0.15, -0.1) is 0 Å². The van der Waals surface area contributed by atoms with Crippen LogP contribution in [-0.2, 0) is 15.9 Å². The molecule has 1 aromatic rings. The van der Waals surface area contributed by atoms with E-state index in [1.54, 1.807) is 0 Å². The quantitative estimate of drug-likeness (QED) is 0.794. The van der Waals surface area contributed by atoms with E-state index in [1.165, 1.54) is 24.0 Å². The normalized spacial score (nSPS) is 25.6. The second kappa shape index (κ2) is 8.95. The lowest BCUT2D eigenvalue weighted by atomic mass is 9.89. The van der Waals surface area contributed by atoms with Crippen LogP contribution in [0.4, 0.5) is 0 Å². The third kappa shape index (κ3) is 4.79. The van der Waals surface area contributed by atoms with Gasteiger partial charge < -0.3 is 19.5 Å². The maximum Gasteiger partial charge on any atom is 0.0900 e. The molecular weight excluding hydrogens is 302 g/mol. The van der Waals surface area contributed by atoms with Gasteiger partial charge in [0.2, 0.25) is 0 Å². The number of β-amino-alcohol motifs (C(OH)–C–C–N with tert-alkyl or cyclic N) is 1. The number of likely N-dealkylation sites (tertiary alicyclic amines) is 1. The van der Waals surface area contributed by atoms with Gasteiger partial charge in [-0.25, -0.2) is 0 Å². The van der Waals surface area contributed by atoms with Gasteiger partial charge in [-0.3, -0.25) is 0 Å². The van der Waals surface area contributed by atoms with Crippen LogP contribution >= 0.6 is 0 Å². The summed E-state index contributed by atoms with van der Waals surface area (Å²) in [6.07, 6.45) is 4.28. The molecule has 1 N–H and O–H groups in total. The van der Waals surface area contributed by atoms with Crippen LogP contribution in [-0.4, -0.2) is 55.6 Å². The largest absolute Gasteiger partial charge is 0.389 e. The van der Waals surface area contributed by atoms with Crippen molar-refractivity contribution < 1.29 is 14.6 Å². The van der Waals surface area contributed by atoms with E-state index < -0.39 is 6.10 Å². The van der Waals surface area contributed by atoms with Crippen molar-refractivity contribution in [2.75, 3.05) is 39.5 Å². The van der Waals surface area contributed by atoms with Crippen LogP contribution in [0.2, 0.25) is 0 Å². The zero-order chi connectivity index (χ0) is 16.8. The van der Waals surface area contributed by atoms with Crippen molar-refractivity contribution in [2.45, 2.75) is 44.8 Å². The standard InChI is InChI=1S/C20H31NO3/c1-2-23-14-16-10-11-21(12-16)13-18(22)15-24-20-9-5-7-17-6-3-4-8-19(17)20/h3-4,6,8,16,18,20,22H,2,5,7,9-15H2,1H3. The van der Waals surface area contributed by atoms with Gasteiger partial charge in [-0.05, 0) is 56.2 Å². The number of aliphatic hydroxyl groups excluding tert-OH is 1. The number of aryl methyl sites for hydroxylation is 1. The van der Waals surface area contributed by atoms with Gasteiger partial charge in [-0.2, -0.15) is 0 Å². The SMILES string of the molecule is CCOCC1CCN(CC(O)COC2CCCc3ccccc32)C1. The molecule has 3 atom stereocenters. The van der Waals surface area contributed by atoms with Gasteiger partial charge in [0.25, 0.3) is 0 Å². The van der Waals surface area contributed by atoms with Crippen LogP contribution in [0.25, 0.3) is 0 Å². The molecule has 3 rings (SSSR count). The highest BCUT2D eigenvalue weighted by atomic mass is 16.5. The minimum Gasteiger partial charge on any atom is -0.389 e. The summed E-state index contributed by atoms with van der Waals surface area (Å²) in [7, 11) is 0. The number of hydrogen-bond acceptors (Lipinski definition) is 4. The molecule has 1 aliphatic carbocycles. The molecule has 4 nitrogen and oxygen atoms in total. The molecule has 0 radical (unpaired) electrons. The van der Waals surface area contributed by atoms with E-state index in [0.717, 1.165) is 39.1 Å². The summed E-state index contributed by atoms with van der Waals surface area (Å²) in [5, 5.41) is 10.4. The summed E-state index contributed by atoms with van der Waals surface area (Å²) in [6, 6.07) is 8.55. The molecule has 0 amide bonds. The molecule has 0 saturated carbocycles. The maximum absolute atomic E-state index is 10.4. The van der Waals surface area contributed by atoms with Gasteiger partial charge in [0.1, 0.15) is 0 Å². The lowest BCUT2D eigenvalue weighted by Gasteiger charge is -2.27. The molecule has 1 saturated heterocycles. The highest BCUT2D eigenvalue weighted by molar-refractivity contribution is 5.31. The third-order valence-corrected chi connectivity index (χ3v) is 5.20. The number of rotatable bonds is 8. The number of fused-ring (bicyclic) bond motifs is 1. The van der Waals surface area contributed by atoms with Crippen LogP contribution in [0.15, 0.2) is 24.3 Å². The molecule has 0 aromatic heterocycles. The minimum atomic E-state index is -0.412. The number of nitrogens with zero attached hydrogens (tertiary/aromatic N) is 1. The molecular formula is C20H31NO3. The lowest BCUT2D eigenvalue weighted by Crippen LogP contribution is -2.34. The zero-order valence-corrected chi connectivity index (χ0v) is 14.8. The Morgan fingerprint density at radius 1 is 1.29 bits per heavy atom. The Morgan fingerprint density at radius 3 is 3.04 bits per heavy atom. The molecule has 0 spiro atoms. The summed E-state index contributed by atoms with van der Waals surface area (Å²) in [5.74, 6) is 0.614. The highest BCUT2D eigenvalue weighted by Crippen LogP contribution is 2.32. The molecule has 1 fully saturated rings. The second-order valence-electron chi connectivity index (χ2n) is 7.14. The molecule has 24 heavy (non-hydrogen) atoms. The van der Waals surface area contributed by atoms with Crippen molar-refractivity contribution in [1.82, 2.24) is 4.90 Å². The molecule has 4 heteroatoms. The predicted molar refractivity (Wildman–Crippen MR) is 95.1 cm³/mol. The Labute approximate surface area is 145 Å². The molecule has 134 valence electrons. The average molecular weight is 333 g/mol. The first-order valence-electron chi connectivity index (χ1n) is 9.43. The number of aliphatic hydroxyl groups is 1. The van der Waals surface area contributed by atoms with Crippen LogP contribution < -0.4 is 0 Å². The summed E-state index contributed by atoms with van der Waals surface area (Å²) in [5.41, 5.74) is 2.72. The smallest absolute Gasteiger partial charge is 0.0900 e. The van der Waals surface area contributed by atoms with E-state index in [9.17, 15) is 5.11 Å². The van der Waals surface area contributed by atoms with Crippen molar-refractivity contribution >= 4 is 0 Å². The third-order valence-electron chi connectivity index (χ3n) is 5.20. The summed E-state index contributed by atoms with van der Waals surface area (Å²) >= 11 is 0. The molecule has 1 aromatic carbocycles. The van der Waals surface area contributed by atoms with Crippen molar-refractivity contribution in [3.8, 4) is 0 Å². The first-order chi connectivity index (χ1) is 11.8. The second-order valence-corrected chi connectivity index (χ2v) is 7.14. The monoisotopic (exact) mass is 333 g/mol. The molecule has 1 heterocycles. The van der Waals surface area contributed by atoms with E-state index in [2.05, 4.69) is 29.2 Å². The maximum atomic E-state index is 10.4. The van der Waals surface area contributed by atoms with Gasteiger partial charge >= 0.3 is 0 Å². The number of ether oxygens (including phenoxy) is 2. The molecule has 0 bridgehead atoms. The minimum absolute atomic E-state index is 0.147. The van der Waals surface area contributed by atoms with E-state index in [4.69, 9.17) is 9.47 Å². The predicted octanol–water partition coefficient (Wildman–Crippen LogP) is 2.80. The van der Waals surface area contributed by atoms with Crippen molar-refractivity contribution in [1.29, 1.82) is 0 Å². The van der Waals surface area contributed by atoms with Crippen LogP contribution in [0.5, 0.6) is 0 Å². The fourth-order valence-electron chi connectivity index (χ4n) is 3.96. The van der Waals surface area contributed by atoms with E-state index >= 15 is 0 Å². The van der Waals surface area contributed by atoms with Gasteiger partial charge in [0.05, 0.1) is 25.4 Å². The highest BCUT2D eigenvalue weighted by Gasteiger charge is 2.25. The first-order valence-corrected chi connectivity index (χ1v) is 9.43. The number of hydrogen-bond donors (Lipinski definition) is 1. The van der Waals surface area contributed by atoms with E-state index in [1.807, 2.05) is 6.92 Å². The summed E-state index contributed by atoms with van der Waals surface area (Å²) in [4.78, 5) is 2.34. The molecule has 3 unspecified atom stereocenters. The lowest BCUT2D eigenvalue weighted by molar-refractivity contribution is -0.0267. The first kappa shape index (κ1) is 17.9. The summed E-state index contributed by atoms with van der Waals surface area (Å²) < 4.78 is 11.6. The Bertz CT molecular complexity index is 507. The Kier molecular flexibility index (Phi) is 6.67. The molecule has 2 aliphatic rings. The number of benzene rings is 1. The van der Waals surface area contributed by atoms with Gasteiger partial charge in [0.15, 0.2) is 0 Å². The van der Waals surface area contributed by atoms with E-state index in [0.29, 0.717) is 19.1 Å². The van der Waals surface area contributed by atoms with Crippen LogP contribution in [0.3, 0.4) is 0 Å². The fourth-order valence-corrected chi connectivity index (χ4v) is 3.96.